The Hall–Kier alpha value is -2.13. The predicted octanol–water partition coefficient (Wildman–Crippen LogP) is 3.96. The first-order valence-corrected chi connectivity index (χ1v) is 9.43. The summed E-state index contributed by atoms with van der Waals surface area (Å²) in [7, 11) is 0. The Labute approximate surface area is 151 Å². The molecule has 1 aliphatic heterocycles. The van der Waals surface area contributed by atoms with Gasteiger partial charge in [-0.3, -0.25) is 4.79 Å². The molecule has 132 valence electrons. The minimum atomic E-state index is 0.234. The van der Waals surface area contributed by atoms with Gasteiger partial charge in [-0.05, 0) is 36.8 Å². The molecule has 3 nitrogen and oxygen atoms in total. The van der Waals surface area contributed by atoms with Crippen molar-refractivity contribution in [2.45, 2.75) is 38.1 Å². The van der Waals surface area contributed by atoms with Crippen LogP contribution in [0.15, 0.2) is 60.7 Å². The Kier molecular flexibility index (Phi) is 6.63. The molecule has 0 aliphatic carbocycles. The van der Waals surface area contributed by atoms with E-state index < -0.39 is 0 Å². The topological polar surface area (TPSA) is 32.3 Å². The van der Waals surface area contributed by atoms with Gasteiger partial charge in [0.2, 0.25) is 5.91 Å². The third kappa shape index (κ3) is 5.43. The van der Waals surface area contributed by atoms with Gasteiger partial charge in [0.05, 0.1) is 0 Å². The fraction of sp³-hybridized carbons (Fsp3) is 0.409. The second-order valence-corrected chi connectivity index (χ2v) is 6.80. The summed E-state index contributed by atoms with van der Waals surface area (Å²) in [6.07, 6.45) is 5.08. The molecule has 1 amide bonds. The van der Waals surface area contributed by atoms with Crippen molar-refractivity contribution in [1.82, 2.24) is 10.2 Å². The van der Waals surface area contributed by atoms with Crippen molar-refractivity contribution in [2.24, 2.45) is 0 Å². The Morgan fingerprint density at radius 3 is 2.24 bits per heavy atom. The highest BCUT2D eigenvalue weighted by atomic mass is 16.2. The number of nitrogens with one attached hydrogen (secondary N) is 1. The van der Waals surface area contributed by atoms with Crippen LogP contribution < -0.4 is 5.32 Å². The van der Waals surface area contributed by atoms with E-state index >= 15 is 0 Å². The van der Waals surface area contributed by atoms with Crippen LogP contribution in [-0.4, -0.2) is 30.4 Å². The van der Waals surface area contributed by atoms with Crippen LogP contribution in [0.2, 0.25) is 0 Å². The molecule has 0 aromatic heterocycles. The second kappa shape index (κ2) is 9.38. The average molecular weight is 336 g/mol. The Morgan fingerprint density at radius 1 is 0.920 bits per heavy atom. The highest BCUT2D eigenvalue weighted by Gasteiger charge is 2.17. The lowest BCUT2D eigenvalue weighted by molar-refractivity contribution is -0.132. The highest BCUT2D eigenvalue weighted by molar-refractivity contribution is 5.76. The minimum Gasteiger partial charge on any atom is -0.343 e. The van der Waals surface area contributed by atoms with Crippen molar-refractivity contribution in [2.75, 3.05) is 19.6 Å². The summed E-state index contributed by atoms with van der Waals surface area (Å²) in [6, 6.07) is 21.3. The predicted molar refractivity (Wildman–Crippen MR) is 102 cm³/mol. The van der Waals surface area contributed by atoms with Gasteiger partial charge in [0.1, 0.15) is 0 Å². The normalized spacial score (nSPS) is 15.8. The van der Waals surface area contributed by atoms with Crippen LogP contribution in [0.25, 0.3) is 0 Å². The summed E-state index contributed by atoms with van der Waals surface area (Å²) in [4.78, 5) is 14.4. The number of amides is 1. The lowest BCUT2D eigenvalue weighted by Gasteiger charge is -2.27. The van der Waals surface area contributed by atoms with E-state index in [4.69, 9.17) is 0 Å². The van der Waals surface area contributed by atoms with Crippen molar-refractivity contribution in [3.05, 3.63) is 71.8 Å². The lowest BCUT2D eigenvalue weighted by Crippen LogP contribution is -2.37. The molecule has 3 heteroatoms. The van der Waals surface area contributed by atoms with Gasteiger partial charge in [0.15, 0.2) is 0 Å². The molecule has 1 unspecified atom stereocenters. The monoisotopic (exact) mass is 336 g/mol. The number of hydrogen-bond acceptors (Lipinski definition) is 2. The molecule has 25 heavy (non-hydrogen) atoms. The summed E-state index contributed by atoms with van der Waals surface area (Å²) in [5.41, 5.74) is 2.59. The van der Waals surface area contributed by atoms with E-state index in [9.17, 15) is 4.79 Å². The molecule has 0 spiro atoms. The summed E-state index contributed by atoms with van der Waals surface area (Å²) in [5, 5.41) is 3.61. The smallest absolute Gasteiger partial charge is 0.223 e. The highest BCUT2D eigenvalue weighted by Crippen LogP contribution is 2.18. The number of benzene rings is 2. The van der Waals surface area contributed by atoms with Crippen LogP contribution in [0.4, 0.5) is 0 Å². The maximum atomic E-state index is 12.4. The molecule has 0 radical (unpaired) electrons. The molecule has 1 aliphatic rings. The van der Waals surface area contributed by atoms with E-state index in [0.717, 1.165) is 38.9 Å². The molecular weight excluding hydrogens is 308 g/mol. The van der Waals surface area contributed by atoms with Crippen molar-refractivity contribution in [3.63, 3.8) is 0 Å². The van der Waals surface area contributed by atoms with Gasteiger partial charge >= 0.3 is 0 Å². The number of likely N-dealkylation sites (tertiary alicyclic amines) is 1. The molecule has 2 aromatic rings. The van der Waals surface area contributed by atoms with Crippen molar-refractivity contribution in [3.8, 4) is 0 Å². The fourth-order valence-electron chi connectivity index (χ4n) is 3.50. The van der Waals surface area contributed by atoms with Gasteiger partial charge in [-0.1, -0.05) is 60.7 Å². The van der Waals surface area contributed by atoms with E-state index in [2.05, 4.69) is 53.8 Å². The number of carbonyl (C=O) groups is 1. The molecule has 1 saturated heterocycles. The quantitative estimate of drug-likeness (QED) is 0.830. The maximum absolute atomic E-state index is 12.4. The SMILES string of the molecule is O=C(CCNC(Cc1ccccc1)c1ccccc1)N1CCCCC1. The van der Waals surface area contributed by atoms with Crippen LogP contribution in [0, 0.1) is 0 Å². The zero-order valence-corrected chi connectivity index (χ0v) is 14.9. The van der Waals surface area contributed by atoms with Crippen molar-refractivity contribution in [1.29, 1.82) is 0 Å². The molecule has 1 heterocycles. The molecule has 0 saturated carbocycles. The second-order valence-electron chi connectivity index (χ2n) is 6.80. The molecule has 0 bridgehead atoms. The first-order chi connectivity index (χ1) is 12.3. The molecule has 3 rings (SSSR count). The number of nitrogens with zero attached hydrogens (tertiary/aromatic N) is 1. The molecule has 2 aromatic carbocycles. The summed E-state index contributed by atoms with van der Waals surface area (Å²) in [6.45, 7) is 2.59. The standard InChI is InChI=1S/C22H28N2O/c25-22(24-16-8-3-9-17-24)14-15-23-21(20-12-6-2-7-13-20)18-19-10-4-1-5-11-19/h1-2,4-7,10-13,21,23H,3,8-9,14-18H2. The van der Waals surface area contributed by atoms with Gasteiger partial charge in [-0.25, -0.2) is 0 Å². The zero-order chi connectivity index (χ0) is 17.3. The van der Waals surface area contributed by atoms with Crippen LogP contribution in [0.5, 0.6) is 0 Å². The largest absolute Gasteiger partial charge is 0.343 e. The van der Waals surface area contributed by atoms with E-state index in [1.54, 1.807) is 0 Å². The van der Waals surface area contributed by atoms with Crippen LogP contribution in [0.3, 0.4) is 0 Å². The molecule has 1 fully saturated rings. The number of rotatable bonds is 7. The van der Waals surface area contributed by atoms with E-state index in [1.807, 2.05) is 17.0 Å². The minimum absolute atomic E-state index is 0.234. The van der Waals surface area contributed by atoms with Gasteiger partial charge in [0.25, 0.3) is 0 Å². The summed E-state index contributed by atoms with van der Waals surface area (Å²) in [5.74, 6) is 0.290. The molecule has 1 N–H and O–H groups in total. The maximum Gasteiger partial charge on any atom is 0.223 e. The Morgan fingerprint density at radius 2 is 1.56 bits per heavy atom. The fourth-order valence-corrected chi connectivity index (χ4v) is 3.50. The van der Waals surface area contributed by atoms with Crippen LogP contribution in [-0.2, 0) is 11.2 Å². The van der Waals surface area contributed by atoms with E-state index in [-0.39, 0.29) is 6.04 Å². The molecule has 1 atom stereocenters. The number of hydrogen-bond donors (Lipinski definition) is 1. The van der Waals surface area contributed by atoms with Gasteiger partial charge in [-0.2, -0.15) is 0 Å². The lowest BCUT2D eigenvalue weighted by atomic mass is 9.99. The number of piperidine rings is 1. The first-order valence-electron chi connectivity index (χ1n) is 9.43. The summed E-state index contributed by atoms with van der Waals surface area (Å²) >= 11 is 0. The summed E-state index contributed by atoms with van der Waals surface area (Å²) < 4.78 is 0. The first kappa shape index (κ1) is 17.7. The Balaban J connectivity index is 1.57. The third-order valence-corrected chi connectivity index (χ3v) is 4.92. The average Bonchev–Trinajstić information content (AvgIpc) is 2.69. The Bertz CT molecular complexity index is 636. The third-order valence-electron chi connectivity index (χ3n) is 4.92. The van der Waals surface area contributed by atoms with Gasteiger partial charge in [-0.15, -0.1) is 0 Å². The van der Waals surface area contributed by atoms with Crippen LogP contribution in [0.1, 0.15) is 42.9 Å². The van der Waals surface area contributed by atoms with Crippen LogP contribution >= 0.6 is 0 Å². The van der Waals surface area contributed by atoms with E-state index in [0.29, 0.717) is 12.3 Å². The zero-order valence-electron chi connectivity index (χ0n) is 14.9. The van der Waals surface area contributed by atoms with Gasteiger partial charge < -0.3 is 10.2 Å². The molecular formula is C22H28N2O. The van der Waals surface area contributed by atoms with Crippen molar-refractivity contribution >= 4 is 5.91 Å². The van der Waals surface area contributed by atoms with Crippen molar-refractivity contribution < 1.29 is 4.79 Å². The number of carbonyl (C=O) groups excluding carboxylic acids is 1. The van der Waals surface area contributed by atoms with Gasteiger partial charge in [0, 0.05) is 32.1 Å². The van der Waals surface area contributed by atoms with E-state index in [1.165, 1.54) is 17.5 Å².